The van der Waals surface area contributed by atoms with Gasteiger partial charge in [-0.3, -0.25) is 4.79 Å². The highest BCUT2D eigenvalue weighted by molar-refractivity contribution is 9.11. The fourth-order valence-corrected chi connectivity index (χ4v) is 6.78. The predicted octanol–water partition coefficient (Wildman–Crippen LogP) is 3.80. The number of hydrogen-bond acceptors (Lipinski definition) is 4. The highest BCUT2D eigenvalue weighted by Gasteiger charge is 2.35. The number of rotatable bonds is 6. The van der Waals surface area contributed by atoms with E-state index in [1.807, 2.05) is 11.8 Å². The Morgan fingerprint density at radius 2 is 1.92 bits per heavy atom. The highest BCUT2D eigenvalue weighted by Crippen LogP contribution is 2.31. The molecular formula is C17H27BrN2O3S2. The van der Waals surface area contributed by atoms with E-state index in [1.54, 1.807) is 12.1 Å². The minimum absolute atomic E-state index is 0.0809. The van der Waals surface area contributed by atoms with Gasteiger partial charge in [-0.25, -0.2) is 8.42 Å². The smallest absolute Gasteiger partial charge is 0.252 e. The summed E-state index contributed by atoms with van der Waals surface area (Å²) in [5, 5.41) is 0. The number of halogens is 1. The van der Waals surface area contributed by atoms with Gasteiger partial charge in [-0.1, -0.05) is 13.8 Å². The van der Waals surface area contributed by atoms with Crippen molar-refractivity contribution in [2.24, 2.45) is 11.8 Å². The van der Waals surface area contributed by atoms with E-state index >= 15 is 0 Å². The van der Waals surface area contributed by atoms with E-state index < -0.39 is 10.0 Å². The van der Waals surface area contributed by atoms with Crippen LogP contribution in [0.4, 0.5) is 0 Å². The maximum Gasteiger partial charge on any atom is 0.252 e. The molecule has 0 spiro atoms. The molecule has 1 aliphatic rings. The molecule has 0 radical (unpaired) electrons. The summed E-state index contributed by atoms with van der Waals surface area (Å²) in [5.74, 6) is 0.490. The molecule has 1 aromatic heterocycles. The zero-order chi connectivity index (χ0) is 18.8. The molecule has 0 aliphatic carbocycles. The summed E-state index contributed by atoms with van der Waals surface area (Å²) in [4.78, 5) is 14.8. The third-order valence-corrected chi connectivity index (χ3v) is 9.02. The van der Waals surface area contributed by atoms with Crippen molar-refractivity contribution in [1.82, 2.24) is 9.21 Å². The first-order chi connectivity index (χ1) is 11.7. The lowest BCUT2D eigenvalue weighted by Crippen LogP contribution is -2.48. The normalized spacial score (nSPS) is 18.5. The molecular weight excluding hydrogens is 424 g/mol. The lowest BCUT2D eigenvalue weighted by atomic mass is 9.94. The minimum atomic E-state index is -3.45. The van der Waals surface area contributed by atoms with Gasteiger partial charge in [0, 0.05) is 31.6 Å². The Morgan fingerprint density at radius 3 is 2.36 bits per heavy atom. The average Bonchev–Trinajstić information content (AvgIpc) is 3.02. The van der Waals surface area contributed by atoms with Crippen LogP contribution in [0, 0.1) is 11.8 Å². The van der Waals surface area contributed by atoms with Crippen molar-refractivity contribution in [2.45, 2.75) is 50.8 Å². The number of hydrogen-bond donors (Lipinski definition) is 0. The molecule has 0 N–H and O–H groups in total. The summed E-state index contributed by atoms with van der Waals surface area (Å²) in [6.45, 7) is 9.83. The van der Waals surface area contributed by atoms with Gasteiger partial charge in [0.15, 0.2) is 0 Å². The first kappa shape index (κ1) is 20.9. The zero-order valence-corrected chi connectivity index (χ0v) is 18.5. The van der Waals surface area contributed by atoms with Crippen LogP contribution in [0.15, 0.2) is 20.1 Å². The molecule has 2 heterocycles. The Labute approximate surface area is 163 Å². The van der Waals surface area contributed by atoms with Crippen LogP contribution in [0.25, 0.3) is 0 Å². The third-order valence-electron chi connectivity index (χ3n) is 5.03. The van der Waals surface area contributed by atoms with Crippen LogP contribution in [-0.2, 0) is 14.8 Å². The molecule has 25 heavy (non-hydrogen) atoms. The van der Waals surface area contributed by atoms with Gasteiger partial charge in [-0.2, -0.15) is 4.31 Å². The van der Waals surface area contributed by atoms with Crippen molar-refractivity contribution >= 4 is 43.2 Å². The van der Waals surface area contributed by atoms with Crippen molar-refractivity contribution in [2.75, 3.05) is 19.6 Å². The van der Waals surface area contributed by atoms with Crippen LogP contribution in [0.5, 0.6) is 0 Å². The van der Waals surface area contributed by atoms with Crippen molar-refractivity contribution in [3.63, 3.8) is 0 Å². The Kier molecular flexibility index (Phi) is 7.09. The molecule has 1 saturated heterocycles. The number of carbonyl (C=O) groups is 1. The highest BCUT2D eigenvalue weighted by atomic mass is 79.9. The maximum atomic E-state index is 12.9. The summed E-state index contributed by atoms with van der Waals surface area (Å²) in [7, 11) is -3.45. The number of carbonyl (C=O) groups excluding carboxylic acids is 1. The number of thiophene rings is 1. The lowest BCUT2D eigenvalue weighted by molar-refractivity contribution is -0.139. The molecule has 8 heteroatoms. The molecule has 1 aromatic rings. The van der Waals surface area contributed by atoms with Gasteiger partial charge in [0.1, 0.15) is 4.21 Å². The van der Waals surface area contributed by atoms with Gasteiger partial charge in [0.2, 0.25) is 5.91 Å². The third kappa shape index (κ3) is 4.64. The van der Waals surface area contributed by atoms with Crippen molar-refractivity contribution in [1.29, 1.82) is 0 Å². The summed E-state index contributed by atoms with van der Waals surface area (Å²) < 4.78 is 28.0. The fourth-order valence-electron chi connectivity index (χ4n) is 3.15. The first-order valence-electron chi connectivity index (χ1n) is 8.74. The van der Waals surface area contributed by atoms with Gasteiger partial charge >= 0.3 is 0 Å². The molecule has 1 fully saturated rings. The fraction of sp³-hybridized carbons (Fsp3) is 0.706. The molecule has 0 saturated carbocycles. The Hall–Kier alpha value is -0.440. The van der Waals surface area contributed by atoms with Crippen LogP contribution < -0.4 is 0 Å². The van der Waals surface area contributed by atoms with Gasteiger partial charge in [-0.05, 0) is 60.7 Å². The summed E-state index contributed by atoms with van der Waals surface area (Å²) >= 11 is 4.53. The van der Waals surface area contributed by atoms with Gasteiger partial charge in [0.25, 0.3) is 10.0 Å². The van der Waals surface area contributed by atoms with E-state index in [1.165, 1.54) is 15.6 Å². The van der Waals surface area contributed by atoms with Gasteiger partial charge in [0.05, 0.1) is 3.79 Å². The number of amides is 1. The molecule has 5 nitrogen and oxygen atoms in total. The lowest BCUT2D eigenvalue weighted by Gasteiger charge is -2.37. The van der Waals surface area contributed by atoms with Crippen LogP contribution in [-0.4, -0.2) is 49.2 Å². The zero-order valence-electron chi connectivity index (χ0n) is 15.2. The van der Waals surface area contributed by atoms with Crippen LogP contribution in [0.3, 0.4) is 0 Å². The molecule has 1 amide bonds. The van der Waals surface area contributed by atoms with E-state index in [0.29, 0.717) is 42.6 Å². The summed E-state index contributed by atoms with van der Waals surface area (Å²) in [6.07, 6.45) is 1.18. The van der Waals surface area contributed by atoms with Crippen molar-refractivity contribution in [3.05, 3.63) is 15.9 Å². The summed E-state index contributed by atoms with van der Waals surface area (Å²) in [6, 6.07) is 3.58. The molecule has 2 rings (SSSR count). The summed E-state index contributed by atoms with van der Waals surface area (Å²) in [5.41, 5.74) is 0. The second-order valence-electron chi connectivity index (χ2n) is 6.85. The minimum Gasteiger partial charge on any atom is -0.340 e. The number of nitrogens with zero attached hydrogens (tertiary/aromatic N) is 2. The Morgan fingerprint density at radius 1 is 1.32 bits per heavy atom. The quantitative estimate of drug-likeness (QED) is 0.661. The van der Waals surface area contributed by atoms with Gasteiger partial charge < -0.3 is 4.90 Å². The topological polar surface area (TPSA) is 57.7 Å². The van der Waals surface area contributed by atoms with E-state index in [-0.39, 0.29) is 17.9 Å². The van der Waals surface area contributed by atoms with Crippen LogP contribution in [0.2, 0.25) is 0 Å². The van der Waals surface area contributed by atoms with Crippen molar-refractivity contribution in [3.8, 4) is 0 Å². The first-order valence-corrected chi connectivity index (χ1v) is 11.8. The molecule has 1 unspecified atom stereocenters. The van der Waals surface area contributed by atoms with Crippen molar-refractivity contribution < 1.29 is 13.2 Å². The van der Waals surface area contributed by atoms with E-state index in [9.17, 15) is 13.2 Å². The SMILES string of the molecule is CCN(C(=O)C1CCN(S(=O)(=O)c2ccc(Br)s2)CC1)C(C)C(C)C. The molecule has 142 valence electrons. The van der Waals surface area contributed by atoms with E-state index in [4.69, 9.17) is 0 Å². The van der Waals surface area contributed by atoms with Gasteiger partial charge in [-0.15, -0.1) is 11.3 Å². The second-order valence-corrected chi connectivity index (χ2v) is 11.5. The standard InChI is InChI=1S/C17H27BrN2O3S2/c1-5-20(13(4)12(2)3)17(21)14-8-10-19(11-9-14)25(22,23)16-7-6-15(18)24-16/h6-7,12-14H,5,8-11H2,1-4H3. The number of sulfonamides is 1. The van der Waals surface area contributed by atoms with Crippen LogP contribution in [0.1, 0.15) is 40.5 Å². The number of piperidine rings is 1. The second kappa shape index (κ2) is 8.50. The van der Waals surface area contributed by atoms with E-state index in [0.717, 1.165) is 3.79 Å². The average molecular weight is 451 g/mol. The largest absolute Gasteiger partial charge is 0.340 e. The predicted molar refractivity (Wildman–Crippen MR) is 105 cm³/mol. The molecule has 1 aliphatic heterocycles. The molecule has 0 aromatic carbocycles. The Bertz CT molecular complexity index is 695. The Balaban J connectivity index is 2.02. The monoisotopic (exact) mass is 450 g/mol. The van der Waals surface area contributed by atoms with Crippen LogP contribution >= 0.6 is 27.3 Å². The van der Waals surface area contributed by atoms with E-state index in [2.05, 4.69) is 36.7 Å². The maximum absolute atomic E-state index is 12.9. The molecule has 1 atom stereocenters. The molecule has 0 bridgehead atoms.